The molecule has 3 heteroatoms. The maximum Gasteiger partial charge on any atom is 0.407 e. The number of amides is 1. The second-order valence-electron chi connectivity index (χ2n) is 4.10. The fourth-order valence-corrected chi connectivity index (χ4v) is 1.44. The van der Waals surface area contributed by atoms with E-state index < -0.39 is 0 Å². The molecular formula is C8H15NO2. The lowest BCUT2D eigenvalue weighted by molar-refractivity contribution is 0.123. The van der Waals surface area contributed by atoms with Crippen molar-refractivity contribution in [3.8, 4) is 0 Å². The monoisotopic (exact) mass is 157 g/mol. The second kappa shape index (κ2) is 2.40. The molecule has 0 bridgehead atoms. The molecule has 0 spiro atoms. The quantitative estimate of drug-likeness (QED) is 0.579. The van der Waals surface area contributed by atoms with Crippen LogP contribution in [0.4, 0.5) is 4.79 Å². The number of ether oxygens (including phenoxy) is 1. The highest BCUT2D eigenvalue weighted by atomic mass is 16.6. The SMILES string of the molecule is C[C@@H]1OC(=O)N[C@@H]1C(C)(C)C. The van der Waals surface area contributed by atoms with Crippen LogP contribution in [0.25, 0.3) is 0 Å². The maximum atomic E-state index is 10.8. The first-order chi connectivity index (χ1) is 4.91. The molecule has 1 heterocycles. The van der Waals surface area contributed by atoms with Crippen LogP contribution < -0.4 is 5.32 Å². The zero-order valence-electron chi connectivity index (χ0n) is 7.47. The van der Waals surface area contributed by atoms with Crippen LogP contribution in [0.2, 0.25) is 0 Å². The largest absolute Gasteiger partial charge is 0.444 e. The summed E-state index contributed by atoms with van der Waals surface area (Å²) in [6.45, 7) is 8.17. The van der Waals surface area contributed by atoms with Crippen LogP contribution in [0.15, 0.2) is 0 Å². The van der Waals surface area contributed by atoms with Crippen LogP contribution >= 0.6 is 0 Å². The van der Waals surface area contributed by atoms with Gasteiger partial charge in [-0.1, -0.05) is 20.8 Å². The van der Waals surface area contributed by atoms with Gasteiger partial charge in [-0.2, -0.15) is 0 Å². The van der Waals surface area contributed by atoms with E-state index in [1.165, 1.54) is 0 Å². The average molecular weight is 157 g/mol. The van der Waals surface area contributed by atoms with Crippen LogP contribution in [0.3, 0.4) is 0 Å². The van der Waals surface area contributed by atoms with Crippen LogP contribution in [0.5, 0.6) is 0 Å². The molecule has 0 radical (unpaired) electrons. The lowest BCUT2D eigenvalue weighted by Gasteiger charge is -2.27. The van der Waals surface area contributed by atoms with Gasteiger partial charge in [-0.15, -0.1) is 0 Å². The number of hydrogen-bond donors (Lipinski definition) is 1. The van der Waals surface area contributed by atoms with Crippen LogP contribution in [-0.4, -0.2) is 18.2 Å². The van der Waals surface area contributed by atoms with Crippen LogP contribution in [0, 0.1) is 5.41 Å². The summed E-state index contributed by atoms with van der Waals surface area (Å²) in [5, 5.41) is 2.78. The summed E-state index contributed by atoms with van der Waals surface area (Å²) in [7, 11) is 0. The third-order valence-corrected chi connectivity index (χ3v) is 1.97. The van der Waals surface area contributed by atoms with Gasteiger partial charge in [0.2, 0.25) is 0 Å². The van der Waals surface area contributed by atoms with Gasteiger partial charge in [0, 0.05) is 0 Å². The summed E-state index contributed by atoms with van der Waals surface area (Å²) in [6, 6.07) is 0.134. The molecule has 2 atom stereocenters. The van der Waals surface area contributed by atoms with E-state index in [1.54, 1.807) is 0 Å². The average Bonchev–Trinajstić information content (AvgIpc) is 2.08. The van der Waals surface area contributed by atoms with Crippen molar-refractivity contribution in [2.24, 2.45) is 5.41 Å². The number of hydrogen-bond acceptors (Lipinski definition) is 2. The molecule has 1 N–H and O–H groups in total. The molecule has 1 saturated heterocycles. The molecule has 0 unspecified atom stereocenters. The summed E-state index contributed by atoms with van der Waals surface area (Å²) < 4.78 is 4.95. The molecule has 1 rings (SSSR count). The summed E-state index contributed by atoms with van der Waals surface area (Å²) in [6.07, 6.45) is -0.306. The van der Waals surface area contributed by atoms with Gasteiger partial charge < -0.3 is 10.1 Å². The van der Waals surface area contributed by atoms with Crippen molar-refractivity contribution in [3.05, 3.63) is 0 Å². The second-order valence-corrected chi connectivity index (χ2v) is 4.10. The Kier molecular flexibility index (Phi) is 1.82. The minimum absolute atomic E-state index is 0.0116. The summed E-state index contributed by atoms with van der Waals surface area (Å²) in [5.74, 6) is 0. The molecule has 1 fully saturated rings. The Bertz CT molecular complexity index is 171. The number of rotatable bonds is 0. The van der Waals surface area contributed by atoms with E-state index in [1.807, 2.05) is 6.92 Å². The zero-order chi connectivity index (χ0) is 8.65. The Hall–Kier alpha value is -0.730. The van der Waals surface area contributed by atoms with Gasteiger partial charge in [0.1, 0.15) is 6.10 Å². The van der Waals surface area contributed by atoms with Crippen molar-refractivity contribution in [3.63, 3.8) is 0 Å². The minimum atomic E-state index is -0.294. The normalized spacial score (nSPS) is 31.5. The lowest BCUT2D eigenvalue weighted by Crippen LogP contribution is -2.41. The molecule has 11 heavy (non-hydrogen) atoms. The molecule has 1 amide bonds. The Balaban J connectivity index is 2.67. The van der Waals surface area contributed by atoms with Crippen molar-refractivity contribution in [2.75, 3.05) is 0 Å². The highest BCUT2D eigenvalue weighted by Gasteiger charge is 2.38. The van der Waals surface area contributed by atoms with Crippen molar-refractivity contribution >= 4 is 6.09 Å². The fourth-order valence-electron chi connectivity index (χ4n) is 1.44. The molecule has 0 aliphatic carbocycles. The summed E-state index contributed by atoms with van der Waals surface area (Å²) >= 11 is 0. The van der Waals surface area contributed by atoms with Gasteiger partial charge in [0.25, 0.3) is 0 Å². The van der Waals surface area contributed by atoms with E-state index in [9.17, 15) is 4.79 Å². The van der Waals surface area contributed by atoms with Crippen LogP contribution in [-0.2, 0) is 4.74 Å². The molecule has 0 saturated carbocycles. The Morgan fingerprint density at radius 3 is 2.18 bits per heavy atom. The molecular weight excluding hydrogens is 142 g/mol. The fraction of sp³-hybridized carbons (Fsp3) is 0.875. The van der Waals surface area contributed by atoms with Gasteiger partial charge in [-0.3, -0.25) is 0 Å². The van der Waals surface area contributed by atoms with Crippen molar-refractivity contribution in [1.82, 2.24) is 5.32 Å². The third-order valence-electron chi connectivity index (χ3n) is 1.97. The van der Waals surface area contributed by atoms with E-state index in [4.69, 9.17) is 4.74 Å². The Morgan fingerprint density at radius 2 is 2.00 bits per heavy atom. The highest BCUT2D eigenvalue weighted by molar-refractivity contribution is 5.70. The standard InChI is InChI=1S/C8H15NO2/c1-5-6(8(2,3)4)9-7(10)11-5/h5-6H,1-4H3,(H,9,10)/t5-,6-/m0/s1. The Labute approximate surface area is 67.1 Å². The predicted molar refractivity (Wildman–Crippen MR) is 42.3 cm³/mol. The van der Waals surface area contributed by atoms with Crippen molar-refractivity contribution < 1.29 is 9.53 Å². The van der Waals surface area contributed by atoms with Gasteiger partial charge in [-0.25, -0.2) is 4.79 Å². The smallest absolute Gasteiger partial charge is 0.407 e. The number of carbonyl (C=O) groups excluding carboxylic acids is 1. The molecule has 0 aromatic rings. The topological polar surface area (TPSA) is 38.3 Å². The molecule has 64 valence electrons. The maximum absolute atomic E-state index is 10.8. The van der Waals surface area contributed by atoms with E-state index in [2.05, 4.69) is 26.1 Å². The van der Waals surface area contributed by atoms with Crippen molar-refractivity contribution in [1.29, 1.82) is 0 Å². The summed E-state index contributed by atoms with van der Waals surface area (Å²) in [5.41, 5.74) is 0.0750. The van der Waals surface area contributed by atoms with E-state index in [0.717, 1.165) is 0 Å². The third kappa shape index (κ3) is 1.64. The number of carbonyl (C=O) groups is 1. The minimum Gasteiger partial charge on any atom is -0.444 e. The van der Waals surface area contributed by atoms with Gasteiger partial charge >= 0.3 is 6.09 Å². The van der Waals surface area contributed by atoms with E-state index >= 15 is 0 Å². The van der Waals surface area contributed by atoms with Gasteiger partial charge in [0.15, 0.2) is 0 Å². The molecule has 3 nitrogen and oxygen atoms in total. The summed E-state index contributed by atoms with van der Waals surface area (Å²) in [4.78, 5) is 10.8. The van der Waals surface area contributed by atoms with Gasteiger partial charge in [0.05, 0.1) is 6.04 Å². The first-order valence-electron chi connectivity index (χ1n) is 3.88. The first-order valence-corrected chi connectivity index (χ1v) is 3.88. The van der Waals surface area contributed by atoms with E-state index in [-0.39, 0.29) is 23.7 Å². The predicted octanol–water partition coefficient (Wildman–Crippen LogP) is 1.53. The molecule has 0 aromatic carbocycles. The number of nitrogens with one attached hydrogen (secondary N) is 1. The number of alkyl carbamates (subject to hydrolysis) is 1. The molecule has 1 aliphatic rings. The molecule has 0 aromatic heterocycles. The number of cyclic esters (lactones) is 1. The Morgan fingerprint density at radius 1 is 1.45 bits per heavy atom. The van der Waals surface area contributed by atoms with Gasteiger partial charge in [-0.05, 0) is 12.3 Å². The first kappa shape index (κ1) is 8.37. The highest BCUT2D eigenvalue weighted by Crippen LogP contribution is 2.26. The molecule has 1 aliphatic heterocycles. The van der Waals surface area contributed by atoms with Crippen LogP contribution in [0.1, 0.15) is 27.7 Å². The lowest BCUT2D eigenvalue weighted by atomic mass is 9.84. The van der Waals surface area contributed by atoms with Crippen molar-refractivity contribution in [2.45, 2.75) is 39.8 Å². The van der Waals surface area contributed by atoms with E-state index in [0.29, 0.717) is 0 Å². The zero-order valence-corrected chi connectivity index (χ0v) is 7.47.